The number of carbonyl (C=O) groups excluding carboxylic acids is 1. The van der Waals surface area contributed by atoms with Gasteiger partial charge in [0, 0.05) is 24.3 Å². The zero-order valence-corrected chi connectivity index (χ0v) is 14.5. The zero-order chi connectivity index (χ0) is 18.4. The molecule has 2 aliphatic heterocycles. The average molecular weight is 363 g/mol. The molecule has 0 spiro atoms. The number of amides is 1. The number of ether oxygens (including phenoxy) is 1. The number of benzene rings is 1. The minimum absolute atomic E-state index is 0.00484. The van der Waals surface area contributed by atoms with Gasteiger partial charge in [-0.15, -0.1) is 0 Å². The molecule has 0 saturated carbocycles. The number of fused-ring (bicyclic) bond motifs is 2. The predicted molar refractivity (Wildman–Crippen MR) is 100 cm³/mol. The van der Waals surface area contributed by atoms with E-state index in [4.69, 9.17) is 15.5 Å². The molecule has 0 aliphatic carbocycles. The molecule has 5 rings (SSSR count). The lowest BCUT2D eigenvalue weighted by Crippen LogP contribution is -2.37. The largest absolute Gasteiger partial charge is 0.378 e. The molecule has 0 radical (unpaired) electrons. The van der Waals surface area contributed by atoms with Crippen LogP contribution in [0.5, 0.6) is 0 Å². The second kappa shape index (κ2) is 6.13. The average Bonchev–Trinajstić information content (AvgIpc) is 3.07. The van der Waals surface area contributed by atoms with Crippen molar-refractivity contribution in [3.05, 3.63) is 30.0 Å². The van der Waals surface area contributed by atoms with Crippen molar-refractivity contribution in [3.8, 4) is 11.3 Å². The molecule has 9 heteroatoms. The molecule has 4 heterocycles. The van der Waals surface area contributed by atoms with Gasteiger partial charge in [-0.05, 0) is 17.7 Å². The van der Waals surface area contributed by atoms with E-state index in [0.717, 1.165) is 16.8 Å². The minimum atomic E-state index is 0.00484. The summed E-state index contributed by atoms with van der Waals surface area (Å²) in [4.78, 5) is 31.5. The lowest BCUT2D eigenvalue weighted by atomic mass is 10.1. The maximum absolute atomic E-state index is 11.6. The number of nitrogens with zero attached hydrogens (tertiary/aromatic N) is 5. The Labute approximate surface area is 154 Å². The number of aromatic nitrogens is 4. The number of hydrogen-bond donors (Lipinski definition) is 2. The van der Waals surface area contributed by atoms with Crippen LogP contribution in [0.4, 0.5) is 17.5 Å². The molecule has 0 unspecified atom stereocenters. The van der Waals surface area contributed by atoms with Gasteiger partial charge in [0.2, 0.25) is 11.9 Å². The Morgan fingerprint density at radius 1 is 1.15 bits per heavy atom. The molecule has 1 fully saturated rings. The normalized spacial score (nSPS) is 16.4. The van der Waals surface area contributed by atoms with Gasteiger partial charge in [-0.2, -0.15) is 9.97 Å². The molecule has 0 atom stereocenters. The van der Waals surface area contributed by atoms with E-state index >= 15 is 0 Å². The maximum atomic E-state index is 11.6. The van der Waals surface area contributed by atoms with Crippen molar-refractivity contribution in [1.82, 2.24) is 19.9 Å². The number of nitrogens with two attached hydrogens (primary N) is 1. The molecular formula is C18H17N7O2. The molecule has 2 aliphatic rings. The summed E-state index contributed by atoms with van der Waals surface area (Å²) in [5.74, 6) is 0.853. The van der Waals surface area contributed by atoms with E-state index in [-0.39, 0.29) is 11.9 Å². The lowest BCUT2D eigenvalue weighted by Gasteiger charge is -2.28. The first-order valence-corrected chi connectivity index (χ1v) is 8.73. The van der Waals surface area contributed by atoms with Crippen molar-refractivity contribution >= 4 is 34.5 Å². The quantitative estimate of drug-likeness (QED) is 0.692. The van der Waals surface area contributed by atoms with Gasteiger partial charge >= 0.3 is 0 Å². The van der Waals surface area contributed by atoms with Crippen LogP contribution in [0.25, 0.3) is 22.4 Å². The first-order chi connectivity index (χ1) is 13.2. The summed E-state index contributed by atoms with van der Waals surface area (Å²) in [5, 5.41) is 2.84. The van der Waals surface area contributed by atoms with Crippen LogP contribution >= 0.6 is 0 Å². The third-order valence-electron chi connectivity index (χ3n) is 4.74. The van der Waals surface area contributed by atoms with Gasteiger partial charge in [0.15, 0.2) is 17.0 Å². The van der Waals surface area contributed by atoms with Gasteiger partial charge in [-0.3, -0.25) is 4.79 Å². The Hall–Kier alpha value is -3.33. The molecular weight excluding hydrogens is 346 g/mol. The molecule has 1 amide bonds. The first kappa shape index (κ1) is 15.9. The highest BCUT2D eigenvalue weighted by atomic mass is 16.5. The van der Waals surface area contributed by atoms with E-state index < -0.39 is 0 Å². The van der Waals surface area contributed by atoms with Gasteiger partial charge in [0.1, 0.15) is 0 Å². The van der Waals surface area contributed by atoms with E-state index in [0.29, 0.717) is 55.4 Å². The van der Waals surface area contributed by atoms with Gasteiger partial charge in [-0.1, -0.05) is 6.07 Å². The summed E-state index contributed by atoms with van der Waals surface area (Å²) in [6, 6.07) is 5.78. The van der Waals surface area contributed by atoms with Crippen molar-refractivity contribution in [2.75, 3.05) is 42.3 Å². The number of hydrogen-bond acceptors (Lipinski definition) is 8. The highest BCUT2D eigenvalue weighted by Crippen LogP contribution is 2.30. The fourth-order valence-corrected chi connectivity index (χ4v) is 3.43. The topological polar surface area (TPSA) is 119 Å². The number of carbonyl (C=O) groups is 1. The van der Waals surface area contributed by atoms with E-state index in [2.05, 4.69) is 25.2 Å². The molecule has 3 N–H and O–H groups in total. The molecule has 27 heavy (non-hydrogen) atoms. The molecule has 2 aromatic heterocycles. The van der Waals surface area contributed by atoms with Gasteiger partial charge in [0.05, 0.1) is 31.5 Å². The van der Waals surface area contributed by atoms with Crippen molar-refractivity contribution in [3.63, 3.8) is 0 Å². The highest BCUT2D eigenvalue weighted by molar-refractivity contribution is 5.99. The Kier molecular flexibility index (Phi) is 3.61. The van der Waals surface area contributed by atoms with E-state index in [1.807, 2.05) is 18.2 Å². The molecule has 0 bridgehead atoms. The van der Waals surface area contributed by atoms with Crippen LogP contribution in [-0.4, -0.2) is 52.1 Å². The summed E-state index contributed by atoms with van der Waals surface area (Å²) >= 11 is 0. The van der Waals surface area contributed by atoms with E-state index in [9.17, 15) is 4.79 Å². The predicted octanol–water partition coefficient (Wildman–Crippen LogP) is 1.00. The Morgan fingerprint density at radius 2 is 2.00 bits per heavy atom. The monoisotopic (exact) mass is 363 g/mol. The smallest absolute Gasteiger partial charge is 0.228 e. The fraction of sp³-hybridized carbons (Fsp3) is 0.278. The molecule has 3 aromatic rings. The van der Waals surface area contributed by atoms with Crippen LogP contribution in [0.3, 0.4) is 0 Å². The second-order valence-electron chi connectivity index (χ2n) is 6.53. The van der Waals surface area contributed by atoms with Crippen molar-refractivity contribution in [1.29, 1.82) is 0 Å². The van der Waals surface area contributed by atoms with Crippen molar-refractivity contribution in [2.24, 2.45) is 0 Å². The Bertz CT molecular complexity index is 1060. The zero-order valence-electron chi connectivity index (χ0n) is 14.5. The Morgan fingerprint density at radius 3 is 2.85 bits per heavy atom. The second-order valence-corrected chi connectivity index (χ2v) is 6.53. The molecule has 136 valence electrons. The van der Waals surface area contributed by atoms with Crippen LogP contribution in [0.1, 0.15) is 5.56 Å². The van der Waals surface area contributed by atoms with Crippen LogP contribution in [-0.2, 0) is 16.0 Å². The highest BCUT2D eigenvalue weighted by Gasteiger charge is 2.21. The molecule has 9 nitrogen and oxygen atoms in total. The summed E-state index contributed by atoms with van der Waals surface area (Å²) in [7, 11) is 0. The van der Waals surface area contributed by atoms with Crippen LogP contribution in [0.2, 0.25) is 0 Å². The number of morpholine rings is 1. The lowest BCUT2D eigenvalue weighted by molar-refractivity contribution is -0.115. The third-order valence-corrected chi connectivity index (χ3v) is 4.74. The number of rotatable bonds is 2. The van der Waals surface area contributed by atoms with Crippen molar-refractivity contribution < 1.29 is 9.53 Å². The minimum Gasteiger partial charge on any atom is -0.378 e. The standard InChI is InChI=1S/C18H17N7O2/c19-18-23-16-15(17(24-18)25-3-5-27-6-4-25)22-13(9-20-16)10-1-2-12-11(7-10)8-14(26)21-12/h1-2,7,9H,3-6,8H2,(H,21,26)(H2,19,20,23,24). The summed E-state index contributed by atoms with van der Waals surface area (Å²) < 4.78 is 5.42. The molecule has 1 saturated heterocycles. The summed E-state index contributed by atoms with van der Waals surface area (Å²) in [6.07, 6.45) is 2.05. The number of anilines is 3. The van der Waals surface area contributed by atoms with Crippen LogP contribution in [0, 0.1) is 0 Å². The molecule has 1 aromatic carbocycles. The SMILES string of the molecule is Nc1nc(N2CCOCC2)c2nc(-c3ccc4c(c3)CC(=O)N4)cnc2n1. The maximum Gasteiger partial charge on any atom is 0.228 e. The van der Waals surface area contributed by atoms with Crippen LogP contribution < -0.4 is 16.0 Å². The van der Waals surface area contributed by atoms with E-state index in [1.54, 1.807) is 6.20 Å². The summed E-state index contributed by atoms with van der Waals surface area (Å²) in [6.45, 7) is 2.68. The van der Waals surface area contributed by atoms with Gasteiger partial charge < -0.3 is 20.7 Å². The van der Waals surface area contributed by atoms with Crippen molar-refractivity contribution in [2.45, 2.75) is 6.42 Å². The summed E-state index contributed by atoms with van der Waals surface area (Å²) in [5.41, 5.74) is 10.3. The first-order valence-electron chi connectivity index (χ1n) is 8.73. The van der Waals surface area contributed by atoms with Gasteiger partial charge in [0.25, 0.3) is 0 Å². The van der Waals surface area contributed by atoms with Crippen LogP contribution in [0.15, 0.2) is 24.4 Å². The fourth-order valence-electron chi connectivity index (χ4n) is 3.43. The van der Waals surface area contributed by atoms with Gasteiger partial charge in [-0.25, -0.2) is 9.97 Å². The van der Waals surface area contributed by atoms with E-state index in [1.165, 1.54) is 0 Å². The number of nitrogens with one attached hydrogen (secondary N) is 1. The Balaban J connectivity index is 1.61. The number of nitrogen functional groups attached to an aromatic ring is 1. The third kappa shape index (κ3) is 2.81.